The highest BCUT2D eigenvalue weighted by Gasteiger charge is 2.46. The Morgan fingerprint density at radius 3 is 2.73 bits per heavy atom. The minimum Gasteiger partial charge on any atom is -0.463 e. The molecule has 1 aliphatic carbocycles. The monoisotopic (exact) mass is 211 g/mol. The first kappa shape index (κ1) is 10.9. The zero-order valence-corrected chi connectivity index (χ0v) is 9.71. The van der Waals surface area contributed by atoms with Crippen LogP contribution in [0.5, 0.6) is 0 Å². The minimum atomic E-state index is -0.322. The molecule has 1 N–H and O–H groups in total. The fraction of sp³-hybridized carbons (Fsp3) is 0.917. The summed E-state index contributed by atoms with van der Waals surface area (Å²) in [6.07, 6.45) is 5.31. The Kier molecular flexibility index (Phi) is 3.01. The van der Waals surface area contributed by atoms with Gasteiger partial charge < -0.3 is 4.74 Å². The molecule has 0 aromatic heterocycles. The van der Waals surface area contributed by atoms with Gasteiger partial charge in [0.1, 0.15) is 12.1 Å². The molecular formula is C12H21NO2. The first-order valence-electron chi connectivity index (χ1n) is 6.07. The third kappa shape index (κ3) is 2.17. The number of carbonyl (C=O) groups excluding carboxylic acids is 1. The molecule has 2 aliphatic rings. The van der Waals surface area contributed by atoms with Crippen LogP contribution in [-0.2, 0) is 9.53 Å². The number of carbonyl (C=O) groups is 1. The summed E-state index contributed by atoms with van der Waals surface area (Å²) in [7, 11) is 0. The maximum atomic E-state index is 11.8. The number of esters is 1. The average Bonchev–Trinajstić information content (AvgIpc) is 2.60. The van der Waals surface area contributed by atoms with E-state index in [0.29, 0.717) is 18.6 Å². The van der Waals surface area contributed by atoms with E-state index in [1.54, 1.807) is 0 Å². The molecule has 1 saturated heterocycles. The van der Waals surface area contributed by atoms with Gasteiger partial charge in [0.2, 0.25) is 0 Å². The molecule has 0 aromatic rings. The van der Waals surface area contributed by atoms with Gasteiger partial charge in [-0.2, -0.15) is 0 Å². The van der Waals surface area contributed by atoms with Gasteiger partial charge in [-0.1, -0.05) is 26.7 Å². The van der Waals surface area contributed by atoms with Crippen molar-refractivity contribution >= 4 is 5.97 Å². The predicted molar refractivity (Wildman–Crippen MR) is 58.5 cm³/mol. The highest BCUT2D eigenvalue weighted by Crippen LogP contribution is 2.33. The Hall–Kier alpha value is -0.570. The summed E-state index contributed by atoms with van der Waals surface area (Å²) in [5, 5.41) is 3.54. The van der Waals surface area contributed by atoms with Crippen LogP contribution < -0.4 is 5.32 Å². The molecule has 86 valence electrons. The van der Waals surface area contributed by atoms with E-state index < -0.39 is 0 Å². The summed E-state index contributed by atoms with van der Waals surface area (Å²) >= 11 is 0. The average molecular weight is 211 g/mol. The number of ether oxygens (including phenoxy) is 1. The van der Waals surface area contributed by atoms with Crippen molar-refractivity contribution in [2.45, 2.75) is 57.5 Å². The van der Waals surface area contributed by atoms with Crippen molar-refractivity contribution in [2.24, 2.45) is 5.92 Å². The lowest BCUT2D eigenvalue weighted by molar-refractivity contribution is -0.159. The molecule has 1 saturated carbocycles. The van der Waals surface area contributed by atoms with Gasteiger partial charge in [0.25, 0.3) is 0 Å². The van der Waals surface area contributed by atoms with Gasteiger partial charge in [-0.25, -0.2) is 0 Å². The molecule has 3 nitrogen and oxygen atoms in total. The second-order valence-corrected chi connectivity index (χ2v) is 5.36. The van der Waals surface area contributed by atoms with Crippen molar-refractivity contribution in [3.05, 3.63) is 0 Å². The third-order valence-electron chi connectivity index (χ3n) is 3.50. The summed E-state index contributed by atoms with van der Waals surface area (Å²) in [6.45, 7) is 4.97. The standard InChI is InChI=1S/C12H21NO2/c1-9(2)7-10-8-15-11(14)12(13-10)5-3-4-6-12/h9-10,13H,3-8H2,1-2H3/t10-/m1/s1. The highest BCUT2D eigenvalue weighted by atomic mass is 16.5. The second-order valence-electron chi connectivity index (χ2n) is 5.36. The Morgan fingerprint density at radius 1 is 1.47 bits per heavy atom. The van der Waals surface area contributed by atoms with Crippen LogP contribution in [0.2, 0.25) is 0 Å². The zero-order chi connectivity index (χ0) is 10.9. The van der Waals surface area contributed by atoms with E-state index in [1.807, 2.05) is 0 Å². The number of cyclic esters (lactones) is 1. The molecule has 2 fully saturated rings. The van der Waals surface area contributed by atoms with Crippen molar-refractivity contribution < 1.29 is 9.53 Å². The third-order valence-corrected chi connectivity index (χ3v) is 3.50. The molecule has 2 rings (SSSR count). The van der Waals surface area contributed by atoms with Gasteiger partial charge in [-0.3, -0.25) is 10.1 Å². The molecule has 0 aromatic carbocycles. The Morgan fingerprint density at radius 2 is 2.13 bits per heavy atom. The number of morpholine rings is 1. The van der Waals surface area contributed by atoms with Crippen LogP contribution in [0.25, 0.3) is 0 Å². The van der Waals surface area contributed by atoms with E-state index in [4.69, 9.17) is 4.74 Å². The van der Waals surface area contributed by atoms with Crippen LogP contribution in [0.15, 0.2) is 0 Å². The zero-order valence-electron chi connectivity index (χ0n) is 9.71. The number of hydrogen-bond donors (Lipinski definition) is 1. The normalized spacial score (nSPS) is 29.8. The van der Waals surface area contributed by atoms with Gasteiger partial charge in [-0.15, -0.1) is 0 Å². The van der Waals surface area contributed by atoms with E-state index >= 15 is 0 Å². The van der Waals surface area contributed by atoms with Crippen molar-refractivity contribution in [3.8, 4) is 0 Å². The van der Waals surface area contributed by atoms with Crippen molar-refractivity contribution in [3.63, 3.8) is 0 Å². The lowest BCUT2D eigenvalue weighted by Crippen LogP contribution is -2.60. The van der Waals surface area contributed by atoms with Crippen LogP contribution in [0.1, 0.15) is 46.0 Å². The molecule has 3 heteroatoms. The molecule has 1 aliphatic heterocycles. The van der Waals surface area contributed by atoms with E-state index in [1.165, 1.54) is 0 Å². The largest absolute Gasteiger partial charge is 0.463 e. The van der Waals surface area contributed by atoms with Crippen LogP contribution >= 0.6 is 0 Å². The maximum absolute atomic E-state index is 11.8. The maximum Gasteiger partial charge on any atom is 0.326 e. The molecule has 1 spiro atoms. The summed E-state index contributed by atoms with van der Waals surface area (Å²) < 4.78 is 5.33. The fourth-order valence-corrected chi connectivity index (χ4v) is 2.83. The van der Waals surface area contributed by atoms with Crippen molar-refractivity contribution in [1.29, 1.82) is 0 Å². The number of rotatable bonds is 2. The Labute approximate surface area is 91.6 Å². The van der Waals surface area contributed by atoms with E-state index in [-0.39, 0.29) is 11.5 Å². The van der Waals surface area contributed by atoms with Crippen LogP contribution in [-0.4, -0.2) is 24.2 Å². The first-order chi connectivity index (χ1) is 7.12. The molecule has 1 atom stereocenters. The molecule has 0 unspecified atom stereocenters. The topological polar surface area (TPSA) is 38.3 Å². The predicted octanol–water partition coefficient (Wildman–Crippen LogP) is 1.86. The highest BCUT2D eigenvalue weighted by molar-refractivity contribution is 5.82. The minimum absolute atomic E-state index is 0.0139. The molecule has 1 heterocycles. The van der Waals surface area contributed by atoms with Crippen LogP contribution in [0.4, 0.5) is 0 Å². The fourth-order valence-electron chi connectivity index (χ4n) is 2.83. The quantitative estimate of drug-likeness (QED) is 0.708. The Balaban J connectivity index is 2.01. The van der Waals surface area contributed by atoms with Gasteiger partial charge in [0, 0.05) is 6.04 Å². The van der Waals surface area contributed by atoms with Gasteiger partial charge in [0.05, 0.1) is 0 Å². The smallest absolute Gasteiger partial charge is 0.326 e. The summed E-state index contributed by atoms with van der Waals surface area (Å²) in [4.78, 5) is 11.8. The summed E-state index contributed by atoms with van der Waals surface area (Å²) in [5.74, 6) is 0.637. The lowest BCUT2D eigenvalue weighted by Gasteiger charge is -2.38. The molecular weight excluding hydrogens is 190 g/mol. The second kappa shape index (κ2) is 4.12. The van der Waals surface area contributed by atoms with E-state index in [2.05, 4.69) is 19.2 Å². The number of hydrogen-bond acceptors (Lipinski definition) is 3. The summed E-state index contributed by atoms with van der Waals surface area (Å²) in [5.41, 5.74) is -0.322. The van der Waals surface area contributed by atoms with Crippen LogP contribution in [0, 0.1) is 5.92 Å². The number of nitrogens with one attached hydrogen (secondary N) is 1. The van der Waals surface area contributed by atoms with Crippen molar-refractivity contribution in [1.82, 2.24) is 5.32 Å². The Bertz CT molecular complexity index is 244. The van der Waals surface area contributed by atoms with E-state index in [0.717, 1.165) is 32.1 Å². The van der Waals surface area contributed by atoms with Gasteiger partial charge in [-0.05, 0) is 25.2 Å². The van der Waals surface area contributed by atoms with Gasteiger partial charge >= 0.3 is 5.97 Å². The van der Waals surface area contributed by atoms with Crippen molar-refractivity contribution in [2.75, 3.05) is 6.61 Å². The SMILES string of the molecule is CC(C)C[C@@H]1COC(=O)C2(CCCC2)N1. The summed E-state index contributed by atoms with van der Waals surface area (Å²) in [6, 6.07) is 0.362. The van der Waals surface area contributed by atoms with Gasteiger partial charge in [0.15, 0.2) is 0 Å². The first-order valence-corrected chi connectivity index (χ1v) is 6.07. The molecule has 0 amide bonds. The van der Waals surface area contributed by atoms with E-state index in [9.17, 15) is 4.79 Å². The van der Waals surface area contributed by atoms with Crippen LogP contribution in [0.3, 0.4) is 0 Å². The lowest BCUT2D eigenvalue weighted by atomic mass is 9.92. The molecule has 15 heavy (non-hydrogen) atoms. The molecule has 0 bridgehead atoms. The molecule has 0 radical (unpaired) electrons.